The van der Waals surface area contributed by atoms with Gasteiger partial charge in [-0.15, -0.1) is 0 Å². The van der Waals surface area contributed by atoms with E-state index in [1.54, 1.807) is 4.90 Å². The van der Waals surface area contributed by atoms with E-state index < -0.39 is 0 Å². The van der Waals surface area contributed by atoms with Gasteiger partial charge in [-0.1, -0.05) is 101 Å². The van der Waals surface area contributed by atoms with Gasteiger partial charge in [-0.3, -0.25) is 9.69 Å². The normalized spacial score (nSPS) is 10.9. The van der Waals surface area contributed by atoms with Crippen molar-refractivity contribution < 1.29 is 14.1 Å². The SMILES string of the molecule is CCCCCCCCCCCCOc1ccc(CN(C(=O)c2cccc[n+]2C)c2ccccc2)cc1Cl. The highest BCUT2D eigenvalue weighted by molar-refractivity contribution is 6.32. The number of nitrogens with zero attached hydrogens (tertiary/aromatic N) is 2. The maximum absolute atomic E-state index is 13.5. The number of amides is 1. The average molecular weight is 522 g/mol. The van der Waals surface area contributed by atoms with Crippen LogP contribution < -0.4 is 14.2 Å². The molecule has 0 radical (unpaired) electrons. The summed E-state index contributed by atoms with van der Waals surface area (Å²) in [6.45, 7) is 3.35. The van der Waals surface area contributed by atoms with E-state index in [0.29, 0.717) is 29.6 Å². The van der Waals surface area contributed by atoms with Gasteiger partial charge in [0.25, 0.3) is 5.69 Å². The number of halogens is 1. The van der Waals surface area contributed by atoms with Crippen molar-refractivity contribution in [2.24, 2.45) is 7.05 Å². The molecule has 1 heterocycles. The number of hydrogen-bond acceptors (Lipinski definition) is 2. The molecule has 0 aliphatic heterocycles. The summed E-state index contributed by atoms with van der Waals surface area (Å²) in [7, 11) is 1.88. The van der Waals surface area contributed by atoms with Crippen LogP contribution in [-0.4, -0.2) is 12.5 Å². The molecule has 3 rings (SSSR count). The maximum atomic E-state index is 13.5. The number of carbonyl (C=O) groups is 1. The molecule has 0 spiro atoms. The zero-order valence-corrected chi connectivity index (χ0v) is 23.3. The van der Waals surface area contributed by atoms with E-state index >= 15 is 0 Å². The number of aryl methyl sites for hydroxylation is 1. The van der Waals surface area contributed by atoms with E-state index in [9.17, 15) is 4.79 Å². The molecule has 0 aliphatic carbocycles. The summed E-state index contributed by atoms with van der Waals surface area (Å²) in [5, 5.41) is 0.579. The molecule has 5 heteroatoms. The van der Waals surface area contributed by atoms with Gasteiger partial charge in [0, 0.05) is 17.8 Å². The van der Waals surface area contributed by atoms with E-state index in [1.807, 2.05) is 84.5 Å². The largest absolute Gasteiger partial charge is 0.492 e. The third kappa shape index (κ3) is 9.51. The van der Waals surface area contributed by atoms with Crippen molar-refractivity contribution in [2.75, 3.05) is 11.5 Å². The number of benzene rings is 2. The lowest BCUT2D eigenvalue weighted by molar-refractivity contribution is -0.673. The fourth-order valence-corrected chi connectivity index (χ4v) is 4.74. The molecule has 2 aromatic carbocycles. The Labute approximate surface area is 228 Å². The van der Waals surface area contributed by atoms with Crippen LogP contribution in [0.5, 0.6) is 5.75 Å². The first-order valence-corrected chi connectivity index (χ1v) is 14.2. The molecule has 0 fully saturated rings. The van der Waals surface area contributed by atoms with Crippen molar-refractivity contribution in [3.05, 3.63) is 89.2 Å². The number of rotatable bonds is 16. The maximum Gasteiger partial charge on any atom is 0.323 e. The fraction of sp³-hybridized carbons (Fsp3) is 0.438. The van der Waals surface area contributed by atoms with Crippen molar-refractivity contribution >= 4 is 23.2 Å². The zero-order valence-electron chi connectivity index (χ0n) is 22.5. The van der Waals surface area contributed by atoms with Crippen molar-refractivity contribution in [1.82, 2.24) is 0 Å². The summed E-state index contributed by atoms with van der Waals surface area (Å²) in [6.07, 6.45) is 14.9. The lowest BCUT2D eigenvalue weighted by Crippen LogP contribution is -2.42. The Morgan fingerprint density at radius 2 is 1.49 bits per heavy atom. The second-order valence-electron chi connectivity index (χ2n) is 9.72. The highest BCUT2D eigenvalue weighted by Crippen LogP contribution is 2.28. The monoisotopic (exact) mass is 521 g/mol. The lowest BCUT2D eigenvalue weighted by Gasteiger charge is -2.22. The number of ether oxygens (including phenoxy) is 1. The minimum absolute atomic E-state index is 0.0632. The van der Waals surface area contributed by atoms with E-state index in [4.69, 9.17) is 16.3 Å². The third-order valence-corrected chi connectivity index (χ3v) is 6.97. The number of carbonyl (C=O) groups excluding carboxylic acids is 1. The topological polar surface area (TPSA) is 33.4 Å². The van der Waals surface area contributed by atoms with Crippen molar-refractivity contribution in [3.8, 4) is 5.75 Å². The van der Waals surface area contributed by atoms with Crippen LogP contribution in [0.3, 0.4) is 0 Å². The Morgan fingerprint density at radius 1 is 0.838 bits per heavy atom. The number of unbranched alkanes of at least 4 members (excludes halogenated alkanes) is 9. The van der Waals surface area contributed by atoms with Gasteiger partial charge in [-0.25, -0.2) is 0 Å². The standard InChI is InChI=1S/C32H42ClN2O2/c1-3-4-5-6-7-8-9-10-11-17-24-37-31-22-21-27(25-29(31)33)26-35(28-18-13-12-14-19-28)32(36)30-20-15-16-23-34(30)2/h12-16,18-23,25H,3-11,17,24,26H2,1-2H3/q+1. The molecule has 0 saturated carbocycles. The summed E-state index contributed by atoms with van der Waals surface area (Å²) < 4.78 is 7.81. The van der Waals surface area contributed by atoms with Gasteiger partial charge in [0.05, 0.1) is 18.2 Å². The highest BCUT2D eigenvalue weighted by Gasteiger charge is 2.25. The van der Waals surface area contributed by atoms with Gasteiger partial charge in [0.2, 0.25) is 0 Å². The Kier molecular flexibility index (Phi) is 12.5. The Balaban J connectivity index is 1.51. The fourth-order valence-electron chi connectivity index (χ4n) is 4.49. The molecule has 0 atom stereocenters. The van der Waals surface area contributed by atoms with E-state index in [-0.39, 0.29) is 5.91 Å². The molecule has 0 aliphatic rings. The molecule has 1 aromatic heterocycles. The average Bonchev–Trinajstić information content (AvgIpc) is 2.92. The predicted octanol–water partition coefficient (Wildman–Crippen LogP) is 8.31. The number of aromatic nitrogens is 1. The van der Waals surface area contributed by atoms with Crippen LogP contribution in [-0.2, 0) is 13.6 Å². The number of hydrogen-bond donors (Lipinski definition) is 0. The lowest BCUT2D eigenvalue weighted by atomic mass is 10.1. The zero-order chi connectivity index (χ0) is 26.3. The molecular weight excluding hydrogens is 480 g/mol. The van der Waals surface area contributed by atoms with Crippen molar-refractivity contribution in [2.45, 2.75) is 77.7 Å². The highest BCUT2D eigenvalue weighted by atomic mass is 35.5. The smallest absolute Gasteiger partial charge is 0.323 e. The number of pyridine rings is 1. The van der Waals surface area contributed by atoms with E-state index in [2.05, 4.69) is 6.92 Å². The van der Waals surface area contributed by atoms with Crippen LogP contribution in [0.1, 0.15) is 87.2 Å². The minimum atomic E-state index is -0.0632. The van der Waals surface area contributed by atoms with Crippen molar-refractivity contribution in [3.63, 3.8) is 0 Å². The molecule has 0 saturated heterocycles. The van der Waals surface area contributed by atoms with E-state index in [1.165, 1.54) is 57.8 Å². The van der Waals surface area contributed by atoms with E-state index in [0.717, 1.165) is 17.7 Å². The Morgan fingerprint density at radius 3 is 2.14 bits per heavy atom. The van der Waals surface area contributed by atoms with Crippen molar-refractivity contribution in [1.29, 1.82) is 0 Å². The quantitative estimate of drug-likeness (QED) is 0.140. The minimum Gasteiger partial charge on any atom is -0.492 e. The van der Waals surface area contributed by atoms with Gasteiger partial charge in [0.1, 0.15) is 12.8 Å². The molecule has 3 aromatic rings. The molecule has 0 bridgehead atoms. The first-order valence-electron chi connectivity index (χ1n) is 13.8. The van der Waals surface area contributed by atoms with Crippen LogP contribution in [0.25, 0.3) is 0 Å². The van der Waals surface area contributed by atoms with Gasteiger partial charge in [-0.2, -0.15) is 4.57 Å². The summed E-state index contributed by atoms with van der Waals surface area (Å²) in [4.78, 5) is 15.3. The van der Waals surface area contributed by atoms with Gasteiger partial charge in [0.15, 0.2) is 6.20 Å². The molecule has 0 unspecified atom stereocenters. The Hall–Kier alpha value is -2.85. The third-order valence-electron chi connectivity index (χ3n) is 6.68. The summed E-state index contributed by atoms with van der Waals surface area (Å²) >= 11 is 6.58. The van der Waals surface area contributed by atoms with Gasteiger partial charge < -0.3 is 4.74 Å². The van der Waals surface area contributed by atoms with Crippen LogP contribution in [0.4, 0.5) is 5.69 Å². The summed E-state index contributed by atoms with van der Waals surface area (Å²) in [5.41, 5.74) is 2.41. The Bertz CT molecular complexity index is 1090. The van der Waals surface area contributed by atoms with Crippen LogP contribution >= 0.6 is 11.6 Å². The molecule has 1 amide bonds. The summed E-state index contributed by atoms with van der Waals surface area (Å²) in [6, 6.07) is 21.2. The summed E-state index contributed by atoms with van der Waals surface area (Å²) in [5.74, 6) is 0.639. The second kappa shape index (κ2) is 16.1. The molecule has 37 heavy (non-hydrogen) atoms. The van der Waals surface area contributed by atoms with Crippen LogP contribution in [0.15, 0.2) is 72.9 Å². The first kappa shape index (κ1) is 28.7. The molecule has 0 N–H and O–H groups in total. The molecule has 198 valence electrons. The first-order chi connectivity index (χ1) is 18.1. The van der Waals surface area contributed by atoms with Crippen LogP contribution in [0.2, 0.25) is 5.02 Å². The number of para-hydroxylation sites is 1. The predicted molar refractivity (Wildman–Crippen MR) is 153 cm³/mol. The molecular formula is C32H42ClN2O2+. The van der Waals surface area contributed by atoms with Crippen LogP contribution in [0, 0.1) is 0 Å². The number of anilines is 1. The van der Waals surface area contributed by atoms with Gasteiger partial charge >= 0.3 is 5.91 Å². The molecule has 4 nitrogen and oxygen atoms in total. The van der Waals surface area contributed by atoms with Gasteiger partial charge in [-0.05, 0) is 42.3 Å². The second-order valence-corrected chi connectivity index (χ2v) is 10.1.